The van der Waals surface area contributed by atoms with Gasteiger partial charge in [0.25, 0.3) is 0 Å². The highest BCUT2D eigenvalue weighted by molar-refractivity contribution is 5.75. The Kier molecular flexibility index (Phi) is 6.63. The smallest absolute Gasteiger partial charge is 0.407 e. The Balaban J connectivity index is 2.39. The molecule has 1 rings (SSSR count). The second-order valence-electron chi connectivity index (χ2n) is 4.42. The predicted octanol–water partition coefficient (Wildman–Crippen LogP) is 1.48. The van der Waals surface area contributed by atoms with Crippen molar-refractivity contribution in [1.82, 2.24) is 5.32 Å². The fraction of sp³-hybridized carbons (Fsp3) is 0.357. The third-order valence-electron chi connectivity index (χ3n) is 2.65. The second kappa shape index (κ2) is 8.50. The van der Waals surface area contributed by atoms with Gasteiger partial charge < -0.3 is 15.2 Å². The summed E-state index contributed by atoms with van der Waals surface area (Å²) >= 11 is 0. The van der Waals surface area contributed by atoms with Crippen molar-refractivity contribution in [3.8, 4) is 0 Å². The first-order chi connectivity index (χ1) is 10.0. The Labute approximate surface area is 121 Å². The van der Waals surface area contributed by atoms with Crippen molar-refractivity contribution in [3.63, 3.8) is 0 Å². The Bertz CT molecular complexity index is 523. The molecule has 7 heteroatoms. The molecule has 7 nitrogen and oxygen atoms in total. The van der Waals surface area contributed by atoms with Crippen LogP contribution in [0, 0.1) is 0 Å². The summed E-state index contributed by atoms with van der Waals surface area (Å²) in [6.07, 6.45) is 0.520. The van der Waals surface area contributed by atoms with Crippen LogP contribution in [0.5, 0.6) is 0 Å². The van der Waals surface area contributed by atoms with Crippen molar-refractivity contribution in [3.05, 3.63) is 35.9 Å². The normalized spacial score (nSPS) is 12.6. The predicted molar refractivity (Wildman–Crippen MR) is 73.4 cm³/mol. The SMILES string of the molecule is CC(CC(N=C=O)C(=O)O)NC(=O)OCc1ccccc1. The molecule has 0 radical (unpaired) electrons. The van der Waals surface area contributed by atoms with Crippen LogP contribution in [0.1, 0.15) is 18.9 Å². The lowest BCUT2D eigenvalue weighted by Gasteiger charge is -2.15. The molecule has 0 heterocycles. The molecule has 1 amide bonds. The van der Waals surface area contributed by atoms with E-state index in [1.165, 1.54) is 6.08 Å². The monoisotopic (exact) mass is 292 g/mol. The summed E-state index contributed by atoms with van der Waals surface area (Å²) in [4.78, 5) is 35.6. The van der Waals surface area contributed by atoms with Crippen LogP contribution in [0.2, 0.25) is 0 Å². The lowest BCUT2D eigenvalue weighted by Crippen LogP contribution is -2.37. The third kappa shape index (κ3) is 6.35. The van der Waals surface area contributed by atoms with E-state index in [2.05, 4.69) is 10.3 Å². The number of carbonyl (C=O) groups is 2. The Morgan fingerprint density at radius 3 is 2.62 bits per heavy atom. The number of rotatable bonds is 7. The zero-order valence-electron chi connectivity index (χ0n) is 11.5. The van der Waals surface area contributed by atoms with Crippen molar-refractivity contribution in [1.29, 1.82) is 0 Å². The van der Waals surface area contributed by atoms with Gasteiger partial charge >= 0.3 is 12.1 Å². The minimum Gasteiger partial charge on any atom is -0.480 e. The number of aliphatic carboxylic acids is 1. The van der Waals surface area contributed by atoms with Crippen molar-refractivity contribution >= 4 is 18.1 Å². The molecule has 21 heavy (non-hydrogen) atoms. The number of ether oxygens (including phenoxy) is 1. The first kappa shape index (κ1) is 16.4. The highest BCUT2D eigenvalue weighted by Gasteiger charge is 2.21. The lowest BCUT2D eigenvalue weighted by molar-refractivity contribution is -0.138. The van der Waals surface area contributed by atoms with E-state index in [1.54, 1.807) is 6.92 Å². The highest BCUT2D eigenvalue weighted by Crippen LogP contribution is 2.04. The molecule has 0 bridgehead atoms. The highest BCUT2D eigenvalue weighted by atomic mass is 16.5. The number of nitrogens with zero attached hydrogens (tertiary/aromatic N) is 1. The molecule has 112 valence electrons. The van der Waals surface area contributed by atoms with Crippen molar-refractivity contribution in [2.75, 3.05) is 0 Å². The quantitative estimate of drug-likeness (QED) is 0.585. The maximum absolute atomic E-state index is 11.5. The molecule has 1 aromatic rings. The average Bonchev–Trinajstić information content (AvgIpc) is 2.45. The van der Waals surface area contributed by atoms with E-state index in [9.17, 15) is 14.4 Å². The van der Waals surface area contributed by atoms with E-state index in [4.69, 9.17) is 9.84 Å². The van der Waals surface area contributed by atoms with Crippen LogP contribution >= 0.6 is 0 Å². The molecular formula is C14H16N2O5. The minimum absolute atomic E-state index is 0.0228. The standard InChI is InChI=1S/C14H16N2O5/c1-10(7-12(13(18)19)15-9-17)16-14(20)21-8-11-5-3-2-4-6-11/h2-6,10,12H,7-8H2,1H3,(H,16,20)(H,18,19). The van der Waals surface area contributed by atoms with Crippen LogP contribution in [-0.2, 0) is 20.9 Å². The van der Waals surface area contributed by atoms with Crippen molar-refractivity contribution in [2.45, 2.75) is 32.0 Å². The molecular weight excluding hydrogens is 276 g/mol. The van der Waals surface area contributed by atoms with Crippen LogP contribution in [0.25, 0.3) is 0 Å². The van der Waals surface area contributed by atoms with Gasteiger partial charge in [0.1, 0.15) is 6.61 Å². The lowest BCUT2D eigenvalue weighted by atomic mass is 10.1. The van der Waals surface area contributed by atoms with Gasteiger partial charge in [0, 0.05) is 12.5 Å². The Morgan fingerprint density at radius 2 is 2.05 bits per heavy atom. The van der Waals surface area contributed by atoms with Gasteiger partial charge in [-0.15, -0.1) is 0 Å². The fourth-order valence-corrected chi connectivity index (χ4v) is 1.63. The first-order valence-corrected chi connectivity index (χ1v) is 6.30. The van der Waals surface area contributed by atoms with Crippen molar-refractivity contribution in [2.24, 2.45) is 4.99 Å². The third-order valence-corrected chi connectivity index (χ3v) is 2.65. The number of hydrogen-bond donors (Lipinski definition) is 2. The van der Waals surface area contributed by atoms with Crippen LogP contribution < -0.4 is 5.32 Å². The summed E-state index contributed by atoms with van der Waals surface area (Å²) in [5, 5.41) is 11.3. The van der Waals surface area contributed by atoms with Crippen LogP contribution in [0.15, 0.2) is 35.3 Å². The number of amides is 1. The molecule has 0 aromatic heterocycles. The van der Waals surface area contributed by atoms with Gasteiger partial charge in [-0.3, -0.25) is 0 Å². The van der Waals surface area contributed by atoms with Gasteiger partial charge in [0.05, 0.1) is 0 Å². The first-order valence-electron chi connectivity index (χ1n) is 6.30. The van der Waals surface area contributed by atoms with Gasteiger partial charge in [-0.05, 0) is 12.5 Å². The molecule has 1 aromatic carbocycles. The number of nitrogens with one attached hydrogen (secondary N) is 1. The second-order valence-corrected chi connectivity index (χ2v) is 4.42. The average molecular weight is 292 g/mol. The molecule has 2 N–H and O–H groups in total. The molecule has 0 aliphatic heterocycles. The number of benzene rings is 1. The van der Waals surface area contributed by atoms with E-state index in [0.717, 1.165) is 5.56 Å². The Morgan fingerprint density at radius 1 is 1.38 bits per heavy atom. The maximum atomic E-state index is 11.5. The summed E-state index contributed by atoms with van der Waals surface area (Å²) in [7, 11) is 0. The van der Waals surface area contributed by atoms with E-state index in [1.807, 2.05) is 30.3 Å². The van der Waals surface area contributed by atoms with Gasteiger partial charge in [0.15, 0.2) is 6.04 Å². The number of carboxylic acid groups (broad SMARTS) is 1. The molecule has 0 aliphatic carbocycles. The number of carbonyl (C=O) groups excluding carboxylic acids is 2. The van der Waals surface area contributed by atoms with E-state index < -0.39 is 24.1 Å². The number of isocyanates is 1. The van der Waals surface area contributed by atoms with E-state index in [-0.39, 0.29) is 13.0 Å². The largest absolute Gasteiger partial charge is 0.480 e. The minimum atomic E-state index is -1.25. The number of aliphatic imine (C=N–C) groups is 1. The summed E-state index contributed by atoms with van der Waals surface area (Å²) in [6.45, 7) is 1.72. The van der Waals surface area contributed by atoms with Gasteiger partial charge in [-0.2, -0.15) is 4.99 Å². The summed E-state index contributed by atoms with van der Waals surface area (Å²) in [5.74, 6) is -1.25. The zero-order valence-corrected chi connectivity index (χ0v) is 11.5. The van der Waals surface area contributed by atoms with Gasteiger partial charge in [-0.25, -0.2) is 14.4 Å². The number of hydrogen-bond acceptors (Lipinski definition) is 5. The molecule has 2 atom stereocenters. The van der Waals surface area contributed by atoms with Crippen molar-refractivity contribution < 1.29 is 24.2 Å². The molecule has 2 unspecified atom stereocenters. The van der Waals surface area contributed by atoms with E-state index >= 15 is 0 Å². The molecule has 0 saturated heterocycles. The molecule has 0 fully saturated rings. The van der Waals surface area contributed by atoms with Gasteiger partial charge in [0.2, 0.25) is 6.08 Å². The van der Waals surface area contributed by atoms with Crippen LogP contribution in [0.4, 0.5) is 4.79 Å². The molecule has 0 saturated carbocycles. The topological polar surface area (TPSA) is 105 Å². The Hall–Kier alpha value is -2.66. The van der Waals surface area contributed by atoms with E-state index in [0.29, 0.717) is 0 Å². The molecule has 0 spiro atoms. The van der Waals surface area contributed by atoms with Gasteiger partial charge in [-0.1, -0.05) is 30.3 Å². The van der Waals surface area contributed by atoms with Crippen LogP contribution in [-0.4, -0.2) is 35.3 Å². The summed E-state index contributed by atoms with van der Waals surface area (Å²) in [5.41, 5.74) is 0.842. The maximum Gasteiger partial charge on any atom is 0.407 e. The van der Waals surface area contributed by atoms with Crippen LogP contribution in [0.3, 0.4) is 0 Å². The zero-order chi connectivity index (χ0) is 15.7. The number of carboxylic acids is 1. The fourth-order valence-electron chi connectivity index (χ4n) is 1.63. The number of alkyl carbamates (subject to hydrolysis) is 1. The summed E-state index contributed by atoms with van der Waals surface area (Å²) in [6, 6.07) is 7.40. The summed E-state index contributed by atoms with van der Waals surface area (Å²) < 4.78 is 5.00. The molecule has 0 aliphatic rings.